The van der Waals surface area contributed by atoms with Gasteiger partial charge in [-0.05, 0) is 54.6 Å². The maximum absolute atomic E-state index is 11.0. The van der Waals surface area contributed by atoms with Crippen LogP contribution in [0.15, 0.2) is 88.8 Å². The number of hydrogen-bond donors (Lipinski definition) is 6. The predicted octanol–water partition coefficient (Wildman–Crippen LogP) is 4.47. The topological polar surface area (TPSA) is 363 Å². The molecule has 5 rings (SSSR count). The monoisotopic (exact) mass is 961 g/mol. The molecule has 0 atom stereocenters. The number of nitriles is 5. The molecule has 0 bridgehead atoms. The number of hydrogen-bond acceptors (Lipinski definition) is 15. The molecule has 9 N–H and O–H groups in total. The summed E-state index contributed by atoms with van der Waals surface area (Å²) in [5.74, 6) is -0.411. The first-order valence-electron chi connectivity index (χ1n) is 16.6. The summed E-state index contributed by atoms with van der Waals surface area (Å²) in [4.78, 5) is 52.6. The number of pyridine rings is 5. The Morgan fingerprint density at radius 1 is 0.810 bits per heavy atom. The average Bonchev–Trinajstić information content (AvgIpc) is 3.22. The van der Waals surface area contributed by atoms with Crippen LogP contribution in [0.25, 0.3) is 0 Å². The van der Waals surface area contributed by atoms with Crippen molar-refractivity contribution in [1.82, 2.24) is 19.5 Å². The van der Waals surface area contributed by atoms with E-state index in [2.05, 4.69) is 25.6 Å². The van der Waals surface area contributed by atoms with Crippen LogP contribution in [0, 0.1) is 61.9 Å². The number of nitrogen functional groups attached to an aromatic ring is 3. The van der Waals surface area contributed by atoms with E-state index >= 15 is 0 Å². The number of anilines is 5. The molecular weight excluding hydrogens is 923 g/mol. The van der Waals surface area contributed by atoms with Crippen molar-refractivity contribution >= 4 is 75.1 Å². The summed E-state index contributed by atoms with van der Waals surface area (Å²) in [7, 11) is 0.511. The van der Waals surface area contributed by atoms with Crippen molar-refractivity contribution in [2.24, 2.45) is 7.05 Å². The molecule has 0 unspecified atom stereocenters. The first kappa shape index (κ1) is 59.6. The Kier molecular flexibility index (Phi) is 33.2. The number of nitrogens with one attached hydrogen (secondary N) is 3. The second-order valence-electron chi connectivity index (χ2n) is 10.4. The van der Waals surface area contributed by atoms with E-state index < -0.39 is 17.0 Å². The summed E-state index contributed by atoms with van der Waals surface area (Å²) >= 11 is 14.4. The van der Waals surface area contributed by atoms with Gasteiger partial charge in [0.15, 0.2) is 10.4 Å². The molecule has 20 nitrogen and oxygen atoms in total. The molecule has 0 aliphatic rings. The van der Waals surface area contributed by atoms with Gasteiger partial charge in [-0.15, -0.1) is 0 Å². The maximum atomic E-state index is 11.0. The van der Waals surface area contributed by atoms with Crippen LogP contribution in [0.5, 0.6) is 0 Å². The van der Waals surface area contributed by atoms with E-state index in [1.807, 2.05) is 18.2 Å². The Balaban J connectivity index is -0.000000337. The quantitative estimate of drug-likeness (QED) is 0.0807. The predicted molar refractivity (Wildman–Crippen MR) is 233 cm³/mol. The number of halogens is 4. The summed E-state index contributed by atoms with van der Waals surface area (Å²) in [5, 5.41) is 57.9. The number of aromatic amines is 1. The van der Waals surface area contributed by atoms with Gasteiger partial charge in [-0.2, -0.15) is 31.0 Å². The molecule has 0 saturated heterocycles. The van der Waals surface area contributed by atoms with Gasteiger partial charge in [0, 0.05) is 45.5 Å². The Morgan fingerprint density at radius 2 is 1.30 bits per heavy atom. The van der Waals surface area contributed by atoms with Gasteiger partial charge in [-0.25, -0.2) is 9.97 Å². The molecule has 0 aromatic carbocycles. The minimum atomic E-state index is -1.00. The number of carbonyl (C=O) groups is 2. The van der Waals surface area contributed by atoms with Crippen molar-refractivity contribution in [1.29, 1.82) is 26.3 Å². The molecule has 1 radical (unpaired) electrons. The third-order valence-electron chi connectivity index (χ3n) is 5.96. The summed E-state index contributed by atoms with van der Waals surface area (Å²) < 4.78 is 16.4. The van der Waals surface area contributed by atoms with Crippen molar-refractivity contribution in [2.75, 3.05) is 35.0 Å². The number of carbonyl (C=O) groups excluding carboxylic acids is 2. The first-order valence-corrected chi connectivity index (χ1v) is 17.2. The van der Waals surface area contributed by atoms with Crippen LogP contribution in [0.3, 0.4) is 0 Å². The van der Waals surface area contributed by atoms with E-state index in [-0.39, 0.29) is 66.1 Å². The summed E-state index contributed by atoms with van der Waals surface area (Å²) in [6.07, 6.45) is 4.04. The fraction of sp³-hybridized carbons (Fsp3) is 0.158. The minimum Gasteiger partial charge on any atom is -0.618 e. The Hall–Kier alpha value is -7.68. The number of alkyl halides is 4. The van der Waals surface area contributed by atoms with E-state index in [1.165, 1.54) is 74.3 Å². The number of aromatic nitrogens is 5. The Bertz CT molecular complexity index is 2550. The van der Waals surface area contributed by atoms with E-state index in [0.717, 1.165) is 6.20 Å². The van der Waals surface area contributed by atoms with Gasteiger partial charge >= 0.3 is 0 Å². The Morgan fingerprint density at radius 3 is 1.70 bits per heavy atom. The summed E-state index contributed by atoms with van der Waals surface area (Å²) in [6.45, 7) is 2.76. The number of H-pyrrole nitrogens is 1. The van der Waals surface area contributed by atoms with E-state index in [0.29, 0.717) is 38.9 Å². The molecule has 0 aliphatic heterocycles. The van der Waals surface area contributed by atoms with Crippen molar-refractivity contribution < 1.29 is 38.6 Å². The van der Waals surface area contributed by atoms with Gasteiger partial charge in [0.1, 0.15) is 52.7 Å². The smallest absolute Gasteiger partial charge is 0.294 e. The second kappa shape index (κ2) is 35.1. The summed E-state index contributed by atoms with van der Waals surface area (Å²) in [5.41, 5.74) is 18.1. The fourth-order valence-electron chi connectivity index (χ4n) is 3.37. The molecule has 5 aromatic heterocycles. The van der Waals surface area contributed by atoms with Crippen LogP contribution in [-0.2, 0) is 35.2 Å². The van der Waals surface area contributed by atoms with E-state index in [4.69, 9.17) is 79.7 Å². The Labute approximate surface area is 389 Å². The summed E-state index contributed by atoms with van der Waals surface area (Å²) in [6, 6.07) is 24.2. The van der Waals surface area contributed by atoms with Gasteiger partial charge in [0.05, 0.1) is 43.7 Å². The van der Waals surface area contributed by atoms with Crippen molar-refractivity contribution in [3.63, 3.8) is 0 Å². The van der Waals surface area contributed by atoms with Gasteiger partial charge in [-0.3, -0.25) is 23.6 Å². The number of nitrogens with zero attached hydrogens (tertiary/aromatic N) is 9. The van der Waals surface area contributed by atoms with Gasteiger partial charge < -0.3 is 42.6 Å². The number of amides is 2. The molecule has 0 spiro atoms. The third kappa shape index (κ3) is 27.7. The standard InChI is InChI=1S/C8H7N3O2.C8H7N3O.C7H7N3O.C6H5N3O.C6H5N3.CHCl3.CH3F.CH4.V/c1-6(12)10-7-2-3-8(4-9)11(13)5-7;1-6(12)11-8-3-2-7(4-9)10-5-8;1-10-5(4-8)2-3-6(9)7(10)11;7-3-4-1-2-5(8)6(10)9-4;7-3-6-2-1-5(8)4-9-6;2-1(3)4;1-2;;/h2-3,5H,1H3,(H,10,12);2-3,5H,1H3,(H,11,12);2-3H,9H2,1H3;1-2H,8H2,(H,9,10);1-2,4H,8H2;1H;1H3;1H4;/i;;;;;;1D;;. The zero-order valence-electron chi connectivity index (χ0n) is 33.5. The number of nitrogens with two attached hydrogens (primary N) is 3. The molecule has 329 valence electrons. The van der Waals surface area contributed by atoms with Crippen LogP contribution < -0.4 is 43.7 Å². The minimum absolute atomic E-state index is 0. The molecule has 0 aliphatic carbocycles. The van der Waals surface area contributed by atoms with Crippen molar-refractivity contribution in [3.8, 4) is 30.3 Å². The largest absolute Gasteiger partial charge is 0.618 e. The SMILES string of the molecule is C.CC(=O)Nc1ccc(C#N)[n+]([O-])c1.CC(=O)Nc1ccc(C#N)nc1.ClC(Cl)Cl.Cn1c(C#N)ccc(N)c1=O.N#Cc1ccc(N)c(=O)[nH]1.N#Cc1ccc(N)cn1.[2H]CF.[V]. The zero-order chi connectivity index (χ0) is 47.8. The molecule has 25 heteroatoms. The molecule has 0 fully saturated rings. The third-order valence-corrected chi connectivity index (χ3v) is 5.96. The van der Waals surface area contributed by atoms with Crippen LogP contribution in [0.1, 0.15) is 51.1 Å². The molecule has 63 heavy (non-hydrogen) atoms. The van der Waals surface area contributed by atoms with Gasteiger partial charge in [-0.1, -0.05) is 42.2 Å². The molecular formula is C38H39Cl3FN15O5V. The first-order chi connectivity index (χ1) is 29.2. The van der Waals surface area contributed by atoms with E-state index in [9.17, 15) is 28.8 Å². The van der Waals surface area contributed by atoms with Crippen LogP contribution in [-0.4, -0.2) is 42.8 Å². The number of rotatable bonds is 2. The van der Waals surface area contributed by atoms with Crippen LogP contribution in [0.4, 0.5) is 32.8 Å². The van der Waals surface area contributed by atoms with Gasteiger partial charge in [0.2, 0.25) is 18.0 Å². The molecule has 0 saturated carbocycles. The molecule has 2 amide bonds. The molecule has 5 aromatic rings. The zero-order valence-corrected chi connectivity index (χ0v) is 36.2. The maximum Gasteiger partial charge on any atom is 0.294 e. The normalized spacial score (nSPS) is 8.52. The van der Waals surface area contributed by atoms with Crippen molar-refractivity contribution in [2.45, 2.75) is 25.6 Å². The van der Waals surface area contributed by atoms with Crippen LogP contribution in [0.2, 0.25) is 0 Å². The van der Waals surface area contributed by atoms with E-state index in [1.54, 1.807) is 36.4 Å². The van der Waals surface area contributed by atoms with Crippen LogP contribution >= 0.6 is 34.8 Å². The average molecular weight is 963 g/mol. The molecule has 5 heterocycles. The fourth-order valence-corrected chi connectivity index (χ4v) is 3.37. The second-order valence-corrected chi connectivity index (χ2v) is 12.4. The van der Waals surface area contributed by atoms with Gasteiger partial charge in [0.25, 0.3) is 16.8 Å². The van der Waals surface area contributed by atoms with Crippen molar-refractivity contribution in [3.05, 3.63) is 134 Å².